The van der Waals surface area contributed by atoms with Crippen LogP contribution in [0, 0.1) is 0 Å². The Bertz CT molecular complexity index is 1110. The van der Waals surface area contributed by atoms with Gasteiger partial charge in [0.1, 0.15) is 17.1 Å². The first-order valence-electron chi connectivity index (χ1n) is 9.29. The molecule has 146 valence electrons. The van der Waals surface area contributed by atoms with Crippen molar-refractivity contribution in [3.05, 3.63) is 79.1 Å². The van der Waals surface area contributed by atoms with Gasteiger partial charge in [0.2, 0.25) is 0 Å². The average Bonchev–Trinajstić information content (AvgIpc) is 3.18. The first-order chi connectivity index (χ1) is 14.1. The van der Waals surface area contributed by atoms with Crippen LogP contribution in [0.4, 0.5) is 5.69 Å². The molecule has 2 aromatic carbocycles. The third kappa shape index (κ3) is 4.06. The summed E-state index contributed by atoms with van der Waals surface area (Å²) in [6.45, 7) is 1.71. The van der Waals surface area contributed by atoms with E-state index in [2.05, 4.69) is 10.3 Å². The Morgan fingerprint density at radius 1 is 1.07 bits per heavy atom. The molecule has 0 aliphatic heterocycles. The lowest BCUT2D eigenvalue weighted by atomic mass is 10.1. The number of carbonyl (C=O) groups is 1. The number of fused-ring (bicyclic) bond motifs is 1. The number of pyridine rings is 1. The molecule has 2 heterocycles. The normalized spacial score (nSPS) is 11.8. The van der Waals surface area contributed by atoms with Crippen LogP contribution in [0.3, 0.4) is 0 Å². The van der Waals surface area contributed by atoms with Gasteiger partial charge in [0, 0.05) is 18.0 Å². The number of methoxy groups -OCH3 is 1. The molecule has 1 amide bonds. The molecular weight excluding hydrogens is 366 g/mol. The summed E-state index contributed by atoms with van der Waals surface area (Å²) in [5.74, 6) is 0.942. The maximum Gasteiger partial charge on any atom is 0.265 e. The molecular formula is C23H21N3O3. The number of rotatable bonds is 6. The van der Waals surface area contributed by atoms with Gasteiger partial charge in [0.15, 0.2) is 6.10 Å². The third-order valence-corrected chi connectivity index (χ3v) is 4.54. The van der Waals surface area contributed by atoms with E-state index < -0.39 is 6.10 Å². The minimum Gasteiger partial charge on any atom is -0.495 e. The van der Waals surface area contributed by atoms with E-state index in [-0.39, 0.29) is 5.91 Å². The van der Waals surface area contributed by atoms with E-state index in [0.29, 0.717) is 17.2 Å². The van der Waals surface area contributed by atoms with Crippen molar-refractivity contribution in [1.82, 2.24) is 9.38 Å². The topological polar surface area (TPSA) is 64.9 Å². The highest BCUT2D eigenvalue weighted by molar-refractivity contribution is 5.96. The van der Waals surface area contributed by atoms with Gasteiger partial charge in [-0.3, -0.25) is 4.79 Å². The number of nitrogens with zero attached hydrogens (tertiary/aromatic N) is 2. The molecule has 2 aromatic heterocycles. The van der Waals surface area contributed by atoms with Gasteiger partial charge in [-0.1, -0.05) is 24.3 Å². The maximum absolute atomic E-state index is 12.7. The van der Waals surface area contributed by atoms with Crippen molar-refractivity contribution < 1.29 is 14.3 Å². The Morgan fingerprint density at radius 3 is 2.62 bits per heavy atom. The monoisotopic (exact) mass is 387 g/mol. The Balaban J connectivity index is 1.57. The first kappa shape index (κ1) is 18.6. The highest BCUT2D eigenvalue weighted by Crippen LogP contribution is 2.30. The van der Waals surface area contributed by atoms with Crippen LogP contribution in [-0.4, -0.2) is 28.5 Å². The fraction of sp³-hybridized carbons (Fsp3) is 0.130. The number of ether oxygens (including phenoxy) is 2. The zero-order valence-electron chi connectivity index (χ0n) is 16.2. The first-order valence-corrected chi connectivity index (χ1v) is 9.29. The second kappa shape index (κ2) is 8.06. The van der Waals surface area contributed by atoms with E-state index in [9.17, 15) is 4.79 Å². The minimum absolute atomic E-state index is 0.265. The average molecular weight is 387 g/mol. The highest BCUT2D eigenvalue weighted by atomic mass is 16.5. The number of nitrogens with one attached hydrogen (secondary N) is 1. The van der Waals surface area contributed by atoms with Crippen molar-refractivity contribution in [1.29, 1.82) is 0 Å². The quantitative estimate of drug-likeness (QED) is 0.532. The van der Waals surface area contributed by atoms with Gasteiger partial charge in [-0.05, 0) is 49.4 Å². The largest absolute Gasteiger partial charge is 0.495 e. The molecule has 0 radical (unpaired) electrons. The lowest BCUT2D eigenvalue weighted by Gasteiger charge is -2.16. The molecule has 0 saturated heterocycles. The van der Waals surface area contributed by atoms with Gasteiger partial charge in [-0.25, -0.2) is 4.98 Å². The smallest absolute Gasteiger partial charge is 0.265 e. The fourth-order valence-corrected chi connectivity index (χ4v) is 3.03. The van der Waals surface area contributed by atoms with Crippen LogP contribution in [0.2, 0.25) is 0 Å². The van der Waals surface area contributed by atoms with Crippen molar-refractivity contribution in [2.75, 3.05) is 12.4 Å². The second-order valence-electron chi connectivity index (χ2n) is 6.57. The van der Waals surface area contributed by atoms with E-state index in [4.69, 9.17) is 9.47 Å². The van der Waals surface area contributed by atoms with Crippen LogP contribution in [0.25, 0.3) is 16.9 Å². The zero-order valence-corrected chi connectivity index (χ0v) is 16.2. The molecule has 0 saturated carbocycles. The molecule has 6 nitrogen and oxygen atoms in total. The summed E-state index contributed by atoms with van der Waals surface area (Å²) in [5.41, 5.74) is 3.11. The summed E-state index contributed by atoms with van der Waals surface area (Å²) >= 11 is 0. The van der Waals surface area contributed by atoms with Crippen LogP contribution in [0.5, 0.6) is 11.5 Å². The van der Waals surface area contributed by atoms with E-state index in [0.717, 1.165) is 16.9 Å². The molecule has 6 heteroatoms. The summed E-state index contributed by atoms with van der Waals surface area (Å²) in [5, 5.41) is 2.90. The molecule has 0 spiro atoms. The molecule has 29 heavy (non-hydrogen) atoms. The van der Waals surface area contributed by atoms with Crippen LogP contribution in [-0.2, 0) is 4.79 Å². The van der Waals surface area contributed by atoms with Gasteiger partial charge in [0.25, 0.3) is 5.91 Å². The van der Waals surface area contributed by atoms with E-state index >= 15 is 0 Å². The van der Waals surface area contributed by atoms with Gasteiger partial charge >= 0.3 is 0 Å². The van der Waals surface area contributed by atoms with Crippen molar-refractivity contribution in [3.8, 4) is 22.8 Å². The zero-order chi connectivity index (χ0) is 20.2. The Labute approximate surface area is 168 Å². The summed E-state index contributed by atoms with van der Waals surface area (Å²) in [4.78, 5) is 17.3. The van der Waals surface area contributed by atoms with Crippen LogP contribution in [0.15, 0.2) is 79.1 Å². The van der Waals surface area contributed by atoms with Crippen molar-refractivity contribution >= 4 is 17.2 Å². The molecule has 1 N–H and O–H groups in total. The standard InChI is InChI=1S/C23H21N3O3/c1-16(29-18-8-4-3-5-9-18)23(27)25-19-14-17(11-12-21(19)28-2)20-15-26-13-7-6-10-22(26)24-20/h3-16H,1-2H3,(H,25,27). The van der Waals surface area contributed by atoms with Crippen molar-refractivity contribution in [3.63, 3.8) is 0 Å². The van der Waals surface area contributed by atoms with Crippen LogP contribution in [0.1, 0.15) is 6.92 Å². The van der Waals surface area contributed by atoms with E-state index in [1.165, 1.54) is 0 Å². The number of amides is 1. The summed E-state index contributed by atoms with van der Waals surface area (Å²) in [7, 11) is 1.57. The highest BCUT2D eigenvalue weighted by Gasteiger charge is 2.17. The maximum atomic E-state index is 12.7. The number of hydrogen-bond acceptors (Lipinski definition) is 4. The molecule has 4 rings (SSSR count). The molecule has 0 bridgehead atoms. The number of hydrogen-bond donors (Lipinski definition) is 1. The van der Waals surface area contributed by atoms with Crippen molar-refractivity contribution in [2.45, 2.75) is 13.0 Å². The summed E-state index contributed by atoms with van der Waals surface area (Å²) < 4.78 is 13.1. The number of anilines is 1. The molecule has 0 aliphatic rings. The van der Waals surface area contributed by atoms with Gasteiger partial charge in [0.05, 0.1) is 18.5 Å². The Kier molecular flexibility index (Phi) is 5.16. The molecule has 0 aliphatic carbocycles. The predicted molar refractivity (Wildman–Crippen MR) is 112 cm³/mol. The fourth-order valence-electron chi connectivity index (χ4n) is 3.03. The lowest BCUT2D eigenvalue weighted by Crippen LogP contribution is -2.30. The van der Waals surface area contributed by atoms with Gasteiger partial charge < -0.3 is 19.2 Å². The van der Waals surface area contributed by atoms with Gasteiger partial charge in [-0.2, -0.15) is 0 Å². The van der Waals surface area contributed by atoms with Crippen LogP contribution >= 0.6 is 0 Å². The summed E-state index contributed by atoms with van der Waals surface area (Å²) in [6.07, 6.45) is 3.23. The third-order valence-electron chi connectivity index (χ3n) is 4.54. The van der Waals surface area contributed by atoms with Crippen LogP contribution < -0.4 is 14.8 Å². The van der Waals surface area contributed by atoms with E-state index in [1.807, 2.05) is 83.5 Å². The Hall–Kier alpha value is -3.80. The molecule has 1 atom stereocenters. The Morgan fingerprint density at radius 2 is 1.86 bits per heavy atom. The van der Waals surface area contributed by atoms with Crippen molar-refractivity contribution in [2.24, 2.45) is 0 Å². The predicted octanol–water partition coefficient (Wildman–Crippen LogP) is 4.42. The van der Waals surface area contributed by atoms with E-state index in [1.54, 1.807) is 14.0 Å². The second-order valence-corrected chi connectivity index (χ2v) is 6.57. The SMILES string of the molecule is COc1ccc(-c2cn3ccccc3n2)cc1NC(=O)C(C)Oc1ccccc1. The number of aromatic nitrogens is 2. The number of imidazole rings is 1. The number of para-hydroxylation sites is 1. The lowest BCUT2D eigenvalue weighted by molar-refractivity contribution is -0.122. The number of carbonyl (C=O) groups excluding carboxylic acids is 1. The number of benzene rings is 2. The molecule has 4 aromatic rings. The summed E-state index contributed by atoms with van der Waals surface area (Å²) in [6, 6.07) is 20.7. The molecule has 1 unspecified atom stereocenters. The van der Waals surface area contributed by atoms with Gasteiger partial charge in [-0.15, -0.1) is 0 Å². The minimum atomic E-state index is -0.666. The molecule has 0 fully saturated rings.